The van der Waals surface area contributed by atoms with Crippen molar-refractivity contribution in [3.05, 3.63) is 0 Å². The first-order valence-corrected chi connectivity index (χ1v) is 6.90. The van der Waals surface area contributed by atoms with Gasteiger partial charge in [-0.1, -0.05) is 6.92 Å². The molecule has 1 fully saturated rings. The van der Waals surface area contributed by atoms with Crippen LogP contribution < -0.4 is 5.32 Å². The number of halogens is 3. The van der Waals surface area contributed by atoms with Crippen LogP contribution in [0.2, 0.25) is 0 Å². The molecule has 19 heavy (non-hydrogen) atoms. The lowest BCUT2D eigenvalue weighted by Crippen LogP contribution is -2.39. The van der Waals surface area contributed by atoms with Crippen LogP contribution in [-0.2, 0) is 9.47 Å². The Hall–Kier alpha value is -0.330. The molecule has 0 aliphatic carbocycles. The van der Waals surface area contributed by atoms with Gasteiger partial charge in [0.1, 0.15) is 6.61 Å². The van der Waals surface area contributed by atoms with Crippen molar-refractivity contribution in [3.63, 3.8) is 0 Å². The molecular formula is C13H24F3NO2. The van der Waals surface area contributed by atoms with Crippen molar-refractivity contribution in [1.29, 1.82) is 0 Å². The second-order valence-corrected chi connectivity index (χ2v) is 5.16. The largest absolute Gasteiger partial charge is 0.411 e. The van der Waals surface area contributed by atoms with Gasteiger partial charge in [-0.15, -0.1) is 0 Å². The Kier molecular flexibility index (Phi) is 7.10. The minimum Gasteiger partial charge on any atom is -0.381 e. The number of hydrogen-bond acceptors (Lipinski definition) is 3. The van der Waals surface area contributed by atoms with Gasteiger partial charge in [0.2, 0.25) is 0 Å². The zero-order chi connectivity index (χ0) is 14.2. The van der Waals surface area contributed by atoms with Crippen molar-refractivity contribution in [1.82, 2.24) is 5.32 Å². The SMILES string of the molecule is CCNCC1(CCCOCC(F)(F)F)CCOCC1. The van der Waals surface area contributed by atoms with Gasteiger partial charge in [0, 0.05) is 26.4 Å². The van der Waals surface area contributed by atoms with Crippen LogP contribution in [0.3, 0.4) is 0 Å². The lowest BCUT2D eigenvalue weighted by atomic mass is 9.76. The van der Waals surface area contributed by atoms with Crippen molar-refractivity contribution in [2.24, 2.45) is 5.41 Å². The lowest BCUT2D eigenvalue weighted by Gasteiger charge is -2.37. The van der Waals surface area contributed by atoms with Gasteiger partial charge in [-0.25, -0.2) is 0 Å². The molecule has 3 nitrogen and oxygen atoms in total. The second-order valence-electron chi connectivity index (χ2n) is 5.16. The van der Waals surface area contributed by atoms with E-state index in [1.807, 2.05) is 0 Å². The summed E-state index contributed by atoms with van der Waals surface area (Å²) in [7, 11) is 0. The Bertz CT molecular complexity index is 241. The van der Waals surface area contributed by atoms with E-state index in [2.05, 4.69) is 17.0 Å². The van der Waals surface area contributed by atoms with Crippen molar-refractivity contribution >= 4 is 0 Å². The molecule has 0 aromatic carbocycles. The van der Waals surface area contributed by atoms with Gasteiger partial charge in [-0.3, -0.25) is 0 Å². The van der Waals surface area contributed by atoms with Crippen LogP contribution in [0.1, 0.15) is 32.6 Å². The fourth-order valence-corrected chi connectivity index (χ4v) is 2.45. The molecule has 0 bridgehead atoms. The van der Waals surface area contributed by atoms with Gasteiger partial charge in [0.05, 0.1) is 0 Å². The van der Waals surface area contributed by atoms with Crippen LogP contribution in [0, 0.1) is 5.41 Å². The van der Waals surface area contributed by atoms with E-state index in [0.29, 0.717) is 6.42 Å². The highest BCUT2D eigenvalue weighted by Crippen LogP contribution is 2.34. The van der Waals surface area contributed by atoms with Crippen molar-refractivity contribution < 1.29 is 22.6 Å². The molecule has 1 aliphatic rings. The minimum absolute atomic E-state index is 0.163. The average molecular weight is 283 g/mol. The van der Waals surface area contributed by atoms with Crippen LogP contribution in [0.25, 0.3) is 0 Å². The van der Waals surface area contributed by atoms with Gasteiger partial charge in [0.15, 0.2) is 0 Å². The van der Waals surface area contributed by atoms with E-state index in [1.54, 1.807) is 0 Å². The van der Waals surface area contributed by atoms with E-state index in [0.717, 1.165) is 45.6 Å². The van der Waals surface area contributed by atoms with Gasteiger partial charge in [0.25, 0.3) is 0 Å². The number of ether oxygens (including phenoxy) is 2. The molecule has 1 heterocycles. The predicted octanol–water partition coefficient (Wildman–Crippen LogP) is 2.75. The maximum Gasteiger partial charge on any atom is 0.411 e. The van der Waals surface area contributed by atoms with Crippen molar-refractivity contribution in [3.8, 4) is 0 Å². The third-order valence-electron chi connectivity index (χ3n) is 3.56. The second kappa shape index (κ2) is 8.07. The summed E-state index contributed by atoms with van der Waals surface area (Å²) in [6.07, 6.45) is -0.721. The van der Waals surface area contributed by atoms with E-state index in [-0.39, 0.29) is 12.0 Å². The van der Waals surface area contributed by atoms with Crippen LogP contribution in [0.15, 0.2) is 0 Å². The minimum atomic E-state index is -4.22. The van der Waals surface area contributed by atoms with E-state index in [1.165, 1.54) is 0 Å². The molecule has 0 unspecified atom stereocenters. The molecule has 0 atom stereocenters. The molecule has 1 saturated heterocycles. The summed E-state index contributed by atoms with van der Waals surface area (Å²) in [5.41, 5.74) is 0.163. The Balaban J connectivity index is 2.25. The Labute approximate surface area is 112 Å². The van der Waals surface area contributed by atoms with Crippen LogP contribution in [0.5, 0.6) is 0 Å². The number of nitrogens with one attached hydrogen (secondary N) is 1. The summed E-state index contributed by atoms with van der Waals surface area (Å²) in [6, 6.07) is 0. The Morgan fingerprint density at radius 2 is 1.95 bits per heavy atom. The highest BCUT2D eigenvalue weighted by atomic mass is 19.4. The number of rotatable bonds is 8. The third-order valence-corrected chi connectivity index (χ3v) is 3.56. The molecule has 0 saturated carbocycles. The zero-order valence-corrected chi connectivity index (χ0v) is 11.5. The maximum absolute atomic E-state index is 11.9. The molecule has 1 N–H and O–H groups in total. The topological polar surface area (TPSA) is 30.5 Å². The smallest absolute Gasteiger partial charge is 0.381 e. The van der Waals surface area contributed by atoms with Crippen LogP contribution in [-0.4, -0.2) is 45.7 Å². The van der Waals surface area contributed by atoms with Gasteiger partial charge < -0.3 is 14.8 Å². The molecule has 0 spiro atoms. The van der Waals surface area contributed by atoms with Gasteiger partial charge in [-0.2, -0.15) is 13.2 Å². The first kappa shape index (κ1) is 16.7. The third kappa shape index (κ3) is 7.13. The Morgan fingerprint density at radius 3 is 2.53 bits per heavy atom. The van der Waals surface area contributed by atoms with Crippen molar-refractivity contribution in [2.45, 2.75) is 38.8 Å². The van der Waals surface area contributed by atoms with Gasteiger partial charge in [-0.05, 0) is 37.6 Å². The summed E-state index contributed by atoms with van der Waals surface area (Å²) in [5.74, 6) is 0. The molecule has 6 heteroatoms. The quantitative estimate of drug-likeness (QED) is 0.695. The Morgan fingerprint density at radius 1 is 1.26 bits per heavy atom. The molecular weight excluding hydrogens is 259 g/mol. The fourth-order valence-electron chi connectivity index (χ4n) is 2.45. The molecule has 1 rings (SSSR count). The molecule has 0 aromatic heterocycles. The predicted molar refractivity (Wildman–Crippen MR) is 67.1 cm³/mol. The number of alkyl halides is 3. The van der Waals surface area contributed by atoms with Crippen LogP contribution in [0.4, 0.5) is 13.2 Å². The van der Waals surface area contributed by atoms with Gasteiger partial charge >= 0.3 is 6.18 Å². The number of hydrogen-bond donors (Lipinski definition) is 1. The van der Waals surface area contributed by atoms with E-state index in [9.17, 15) is 13.2 Å². The lowest BCUT2D eigenvalue weighted by molar-refractivity contribution is -0.174. The molecule has 114 valence electrons. The highest BCUT2D eigenvalue weighted by Gasteiger charge is 2.32. The average Bonchev–Trinajstić information content (AvgIpc) is 2.36. The first-order chi connectivity index (χ1) is 8.97. The fraction of sp³-hybridized carbons (Fsp3) is 1.00. The van der Waals surface area contributed by atoms with E-state index < -0.39 is 12.8 Å². The normalized spacial score (nSPS) is 19.6. The molecule has 1 aliphatic heterocycles. The first-order valence-electron chi connectivity index (χ1n) is 6.90. The summed E-state index contributed by atoms with van der Waals surface area (Å²) in [5, 5.41) is 3.35. The molecule has 0 aromatic rings. The summed E-state index contributed by atoms with van der Waals surface area (Å²) in [4.78, 5) is 0. The zero-order valence-electron chi connectivity index (χ0n) is 11.5. The van der Waals surface area contributed by atoms with E-state index in [4.69, 9.17) is 4.74 Å². The van der Waals surface area contributed by atoms with Crippen molar-refractivity contribution in [2.75, 3.05) is 39.5 Å². The summed E-state index contributed by atoms with van der Waals surface area (Å²) < 4.78 is 45.8. The van der Waals surface area contributed by atoms with E-state index >= 15 is 0 Å². The summed E-state index contributed by atoms with van der Waals surface area (Å²) >= 11 is 0. The maximum atomic E-state index is 11.9. The standard InChI is InChI=1S/C13H24F3NO2/c1-2-17-10-12(5-8-18-9-6-12)4-3-7-19-11-13(14,15)16/h17H,2-11H2,1H3. The highest BCUT2D eigenvalue weighted by molar-refractivity contribution is 4.83. The summed E-state index contributed by atoms with van der Waals surface area (Å²) in [6.45, 7) is 4.40. The monoisotopic (exact) mass is 283 g/mol. The van der Waals surface area contributed by atoms with Crippen LogP contribution >= 0.6 is 0 Å². The molecule has 0 radical (unpaired) electrons. The molecule has 0 amide bonds.